The number of aromatic nitrogens is 2. The van der Waals surface area contributed by atoms with Crippen molar-refractivity contribution in [2.45, 2.75) is 27.7 Å². The normalized spacial score (nSPS) is 11.5. The summed E-state index contributed by atoms with van der Waals surface area (Å²) in [6.45, 7) is 7.37. The Balaban J connectivity index is 3.05. The van der Waals surface area contributed by atoms with E-state index in [1.165, 1.54) is 7.05 Å². The van der Waals surface area contributed by atoms with Crippen LogP contribution in [0.1, 0.15) is 35.5 Å². The van der Waals surface area contributed by atoms with E-state index in [1.807, 2.05) is 13.8 Å². The number of rotatable bonds is 4. The van der Waals surface area contributed by atoms with E-state index in [1.54, 1.807) is 13.8 Å². The lowest BCUT2D eigenvalue weighted by Gasteiger charge is -2.22. The highest BCUT2D eigenvalue weighted by molar-refractivity contribution is 5.95. The summed E-state index contributed by atoms with van der Waals surface area (Å²) < 4.78 is 1.16. The summed E-state index contributed by atoms with van der Waals surface area (Å²) in [5.41, 5.74) is 0.513. The predicted molar refractivity (Wildman–Crippen MR) is 72.2 cm³/mol. The van der Waals surface area contributed by atoms with E-state index in [-0.39, 0.29) is 12.2 Å². The maximum atomic E-state index is 12.1. The third-order valence-electron chi connectivity index (χ3n) is 3.11. The molecule has 0 spiro atoms. The summed E-state index contributed by atoms with van der Waals surface area (Å²) in [5.74, 6) is -0.426. The van der Waals surface area contributed by atoms with Crippen LogP contribution in [0.15, 0.2) is 4.79 Å². The highest BCUT2D eigenvalue weighted by Gasteiger charge is 2.21. The minimum atomic E-state index is -0.426. The summed E-state index contributed by atoms with van der Waals surface area (Å²) in [6.07, 6.45) is 0. The van der Waals surface area contributed by atoms with Gasteiger partial charge in [0.15, 0.2) is 0 Å². The molecule has 0 aromatic carbocycles. The number of hydrogen-bond acceptors (Lipinski definition) is 4. The van der Waals surface area contributed by atoms with Crippen LogP contribution in [0.5, 0.6) is 0 Å². The van der Waals surface area contributed by atoms with E-state index in [2.05, 4.69) is 10.4 Å². The lowest BCUT2D eigenvalue weighted by molar-refractivity contribution is 0.0908. The van der Waals surface area contributed by atoms with Gasteiger partial charge in [-0.15, -0.1) is 0 Å². The van der Waals surface area contributed by atoms with Crippen LogP contribution in [0.4, 0.5) is 0 Å². The zero-order valence-corrected chi connectivity index (χ0v) is 12.1. The second kappa shape index (κ2) is 5.52. The second-order valence-corrected chi connectivity index (χ2v) is 5.52. The number of hydrogen-bond donors (Lipinski definition) is 2. The van der Waals surface area contributed by atoms with Crippen molar-refractivity contribution in [3.05, 3.63) is 27.2 Å². The molecule has 106 valence electrons. The third-order valence-corrected chi connectivity index (χ3v) is 3.11. The van der Waals surface area contributed by atoms with Gasteiger partial charge in [-0.3, -0.25) is 9.59 Å². The van der Waals surface area contributed by atoms with Gasteiger partial charge in [-0.2, -0.15) is 5.10 Å². The lowest BCUT2D eigenvalue weighted by Crippen LogP contribution is -2.40. The molecule has 0 aliphatic rings. The fourth-order valence-electron chi connectivity index (χ4n) is 1.58. The Morgan fingerprint density at radius 2 is 2.00 bits per heavy atom. The van der Waals surface area contributed by atoms with Gasteiger partial charge in [0.1, 0.15) is 5.56 Å². The molecule has 0 bridgehead atoms. The van der Waals surface area contributed by atoms with Crippen molar-refractivity contribution in [3.8, 4) is 0 Å². The summed E-state index contributed by atoms with van der Waals surface area (Å²) >= 11 is 0. The summed E-state index contributed by atoms with van der Waals surface area (Å²) in [4.78, 5) is 24.1. The first-order chi connectivity index (χ1) is 8.69. The average Bonchev–Trinajstić information content (AvgIpc) is 2.34. The molecule has 1 aromatic rings. The summed E-state index contributed by atoms with van der Waals surface area (Å²) in [6, 6.07) is 0. The number of nitrogens with zero attached hydrogens (tertiary/aromatic N) is 2. The monoisotopic (exact) mass is 267 g/mol. The molecule has 0 saturated heterocycles. The van der Waals surface area contributed by atoms with Gasteiger partial charge >= 0.3 is 0 Å². The molecule has 1 aromatic heterocycles. The Kier molecular flexibility index (Phi) is 4.47. The smallest absolute Gasteiger partial charge is 0.279 e. The van der Waals surface area contributed by atoms with Crippen molar-refractivity contribution in [1.82, 2.24) is 15.1 Å². The minimum absolute atomic E-state index is 0.0420. The maximum absolute atomic E-state index is 12.1. The molecule has 0 unspecified atom stereocenters. The van der Waals surface area contributed by atoms with Crippen LogP contribution >= 0.6 is 0 Å². The number of aliphatic hydroxyl groups excluding tert-OH is 1. The Labute approximate surface area is 112 Å². The van der Waals surface area contributed by atoms with E-state index < -0.39 is 16.9 Å². The summed E-state index contributed by atoms with van der Waals surface area (Å²) in [7, 11) is 1.52. The maximum Gasteiger partial charge on any atom is 0.279 e. The number of aryl methyl sites for hydroxylation is 2. The van der Waals surface area contributed by atoms with Gasteiger partial charge in [-0.05, 0) is 19.4 Å². The highest BCUT2D eigenvalue weighted by Crippen LogP contribution is 2.12. The van der Waals surface area contributed by atoms with Crippen LogP contribution in [-0.4, -0.2) is 33.9 Å². The standard InChI is InChI=1S/C13H21N3O3/c1-8-9(2)15-16(5)12(19)10(8)11(18)14-6-13(3,4)7-17/h17H,6-7H2,1-5H3,(H,14,18). The highest BCUT2D eigenvalue weighted by atomic mass is 16.3. The van der Waals surface area contributed by atoms with E-state index in [4.69, 9.17) is 5.11 Å². The molecule has 0 fully saturated rings. The number of carbonyl (C=O) groups excluding carboxylic acids is 1. The molecule has 0 atom stereocenters. The topological polar surface area (TPSA) is 84.2 Å². The Morgan fingerprint density at radius 3 is 2.53 bits per heavy atom. The van der Waals surface area contributed by atoms with Crippen molar-refractivity contribution in [1.29, 1.82) is 0 Å². The molecule has 1 rings (SSSR count). The molecule has 0 aliphatic carbocycles. The van der Waals surface area contributed by atoms with E-state index in [0.29, 0.717) is 17.8 Å². The van der Waals surface area contributed by atoms with E-state index in [9.17, 15) is 9.59 Å². The van der Waals surface area contributed by atoms with Gasteiger partial charge in [-0.25, -0.2) is 4.68 Å². The fourth-order valence-corrected chi connectivity index (χ4v) is 1.58. The Hall–Kier alpha value is -1.69. The molecule has 1 amide bonds. The van der Waals surface area contributed by atoms with Gasteiger partial charge in [-0.1, -0.05) is 13.8 Å². The number of carbonyl (C=O) groups is 1. The van der Waals surface area contributed by atoms with Gasteiger partial charge in [0.2, 0.25) is 0 Å². The molecule has 19 heavy (non-hydrogen) atoms. The fraction of sp³-hybridized carbons (Fsp3) is 0.615. The van der Waals surface area contributed by atoms with E-state index in [0.717, 1.165) is 4.68 Å². The first-order valence-electron chi connectivity index (χ1n) is 6.13. The molecule has 2 N–H and O–H groups in total. The van der Waals surface area contributed by atoms with Gasteiger partial charge in [0.25, 0.3) is 11.5 Å². The van der Waals surface area contributed by atoms with Crippen LogP contribution < -0.4 is 10.9 Å². The van der Waals surface area contributed by atoms with Crippen molar-refractivity contribution >= 4 is 5.91 Å². The largest absolute Gasteiger partial charge is 0.396 e. The number of amides is 1. The molecular weight excluding hydrogens is 246 g/mol. The molecule has 6 heteroatoms. The van der Waals surface area contributed by atoms with Crippen LogP contribution in [0.25, 0.3) is 0 Å². The third kappa shape index (κ3) is 3.41. The van der Waals surface area contributed by atoms with Crippen LogP contribution in [0, 0.1) is 19.3 Å². The SMILES string of the molecule is Cc1nn(C)c(=O)c(C(=O)NCC(C)(C)CO)c1C. The van der Waals surface area contributed by atoms with Crippen LogP contribution in [0.2, 0.25) is 0 Å². The van der Waals surface area contributed by atoms with Gasteiger partial charge < -0.3 is 10.4 Å². The zero-order chi connectivity index (χ0) is 14.8. The molecule has 1 heterocycles. The summed E-state index contributed by atoms with van der Waals surface area (Å²) in [5, 5.41) is 15.9. The second-order valence-electron chi connectivity index (χ2n) is 5.52. The van der Waals surface area contributed by atoms with Crippen molar-refractivity contribution in [2.24, 2.45) is 12.5 Å². The van der Waals surface area contributed by atoms with E-state index >= 15 is 0 Å². The lowest BCUT2D eigenvalue weighted by atomic mass is 9.95. The van der Waals surface area contributed by atoms with Crippen molar-refractivity contribution < 1.29 is 9.90 Å². The Morgan fingerprint density at radius 1 is 1.42 bits per heavy atom. The predicted octanol–water partition coefficient (Wildman–Crippen LogP) is 0.145. The number of aliphatic hydroxyl groups is 1. The molecule has 0 aliphatic heterocycles. The Bertz CT molecular complexity index is 547. The first-order valence-corrected chi connectivity index (χ1v) is 6.13. The molecule has 6 nitrogen and oxygen atoms in total. The van der Waals surface area contributed by atoms with Crippen molar-refractivity contribution in [2.75, 3.05) is 13.2 Å². The zero-order valence-electron chi connectivity index (χ0n) is 12.1. The van der Waals surface area contributed by atoms with Crippen LogP contribution in [0.3, 0.4) is 0 Å². The minimum Gasteiger partial charge on any atom is -0.396 e. The van der Waals surface area contributed by atoms with Crippen molar-refractivity contribution in [3.63, 3.8) is 0 Å². The quantitative estimate of drug-likeness (QED) is 0.813. The van der Waals surface area contributed by atoms with Gasteiger partial charge in [0, 0.05) is 25.6 Å². The molecule has 0 saturated carbocycles. The van der Waals surface area contributed by atoms with Crippen LogP contribution in [-0.2, 0) is 7.05 Å². The van der Waals surface area contributed by atoms with Gasteiger partial charge in [0.05, 0.1) is 5.69 Å². The number of nitrogens with one attached hydrogen (secondary N) is 1. The molecular formula is C13H21N3O3. The molecule has 0 radical (unpaired) electrons. The average molecular weight is 267 g/mol. The first kappa shape index (κ1) is 15.4.